The molecule has 3 nitrogen and oxygen atoms in total. The molecule has 0 unspecified atom stereocenters. The molecule has 1 aromatic heterocycles. The fourth-order valence-electron chi connectivity index (χ4n) is 1.77. The second-order valence-corrected chi connectivity index (χ2v) is 4.45. The van der Waals surface area contributed by atoms with Crippen LogP contribution in [0.2, 0.25) is 0 Å². The van der Waals surface area contributed by atoms with Crippen LogP contribution in [-0.4, -0.2) is 15.6 Å². The molecule has 78 valence electrons. The number of rotatable bonds is 4. The molecule has 3 heteroatoms. The first-order valence-corrected chi connectivity index (χ1v) is 5.47. The third kappa shape index (κ3) is 1.98. The van der Waals surface area contributed by atoms with E-state index in [1.165, 1.54) is 12.8 Å². The maximum atomic E-state index is 4.42. The van der Waals surface area contributed by atoms with E-state index in [1.54, 1.807) is 0 Å². The molecule has 0 spiro atoms. The highest BCUT2D eigenvalue weighted by molar-refractivity contribution is 5.01. The van der Waals surface area contributed by atoms with E-state index in [4.69, 9.17) is 0 Å². The molecule has 1 saturated carbocycles. The van der Waals surface area contributed by atoms with Gasteiger partial charge >= 0.3 is 0 Å². The van der Waals surface area contributed by atoms with Gasteiger partial charge in [0.25, 0.3) is 0 Å². The third-order valence-corrected chi connectivity index (χ3v) is 2.71. The van der Waals surface area contributed by atoms with Crippen LogP contribution in [0.5, 0.6) is 0 Å². The molecule has 1 aliphatic carbocycles. The maximum absolute atomic E-state index is 4.42. The van der Waals surface area contributed by atoms with E-state index < -0.39 is 0 Å². The molecule has 1 N–H and O–H groups in total. The van der Waals surface area contributed by atoms with Gasteiger partial charge in [-0.15, -0.1) is 0 Å². The van der Waals surface area contributed by atoms with Gasteiger partial charge in [0.1, 0.15) is 5.82 Å². The first-order chi connectivity index (χ1) is 6.68. The molecule has 0 bridgehead atoms. The van der Waals surface area contributed by atoms with Crippen molar-refractivity contribution in [2.24, 2.45) is 0 Å². The normalized spacial score (nSPS) is 18.9. The van der Waals surface area contributed by atoms with E-state index >= 15 is 0 Å². The third-order valence-electron chi connectivity index (χ3n) is 2.71. The molecular weight excluding hydrogens is 174 g/mol. The highest BCUT2D eigenvalue weighted by Gasteiger charge is 2.25. The summed E-state index contributed by atoms with van der Waals surface area (Å²) in [7, 11) is 0. The Morgan fingerprint density at radius 3 is 2.71 bits per heavy atom. The molecule has 0 aromatic carbocycles. The summed E-state index contributed by atoms with van der Waals surface area (Å²) in [5, 5.41) is 3.57. The van der Waals surface area contributed by atoms with E-state index in [2.05, 4.69) is 41.8 Å². The van der Waals surface area contributed by atoms with E-state index in [9.17, 15) is 0 Å². The minimum Gasteiger partial charge on any atom is -0.331 e. The number of imidazole rings is 1. The SMILES string of the molecule is CC(C)n1ccnc1[C@H](C)NC1CC1. The van der Waals surface area contributed by atoms with E-state index in [0.717, 1.165) is 11.9 Å². The van der Waals surface area contributed by atoms with Crippen molar-refractivity contribution in [3.8, 4) is 0 Å². The van der Waals surface area contributed by atoms with Crippen molar-refractivity contribution in [1.29, 1.82) is 0 Å². The van der Waals surface area contributed by atoms with Gasteiger partial charge in [-0.1, -0.05) is 0 Å². The Labute approximate surface area is 85.5 Å². The Morgan fingerprint density at radius 2 is 2.14 bits per heavy atom. The lowest BCUT2D eigenvalue weighted by atomic mass is 10.3. The van der Waals surface area contributed by atoms with Gasteiger partial charge in [0.15, 0.2) is 0 Å². The smallest absolute Gasteiger partial charge is 0.125 e. The number of hydrogen-bond donors (Lipinski definition) is 1. The monoisotopic (exact) mass is 193 g/mol. The van der Waals surface area contributed by atoms with Crippen molar-refractivity contribution in [3.63, 3.8) is 0 Å². The molecule has 1 atom stereocenters. The predicted molar refractivity (Wildman–Crippen MR) is 57.2 cm³/mol. The molecule has 2 rings (SSSR count). The topological polar surface area (TPSA) is 29.9 Å². The summed E-state index contributed by atoms with van der Waals surface area (Å²) >= 11 is 0. The Bertz CT molecular complexity index is 299. The van der Waals surface area contributed by atoms with Crippen molar-refractivity contribution < 1.29 is 0 Å². The summed E-state index contributed by atoms with van der Waals surface area (Å²) in [6.45, 7) is 6.57. The van der Waals surface area contributed by atoms with Crippen LogP contribution in [0.3, 0.4) is 0 Å². The average Bonchev–Trinajstić information content (AvgIpc) is 2.81. The highest BCUT2D eigenvalue weighted by Crippen LogP contribution is 2.24. The van der Waals surface area contributed by atoms with Crippen LogP contribution >= 0.6 is 0 Å². The predicted octanol–water partition coefficient (Wildman–Crippen LogP) is 2.28. The molecule has 0 radical (unpaired) electrons. The Balaban J connectivity index is 2.08. The van der Waals surface area contributed by atoms with Gasteiger partial charge in [-0.2, -0.15) is 0 Å². The second-order valence-electron chi connectivity index (χ2n) is 4.45. The molecule has 1 heterocycles. The number of hydrogen-bond acceptors (Lipinski definition) is 2. The first-order valence-electron chi connectivity index (χ1n) is 5.47. The van der Waals surface area contributed by atoms with Crippen LogP contribution in [0.4, 0.5) is 0 Å². The van der Waals surface area contributed by atoms with Crippen molar-refractivity contribution in [1.82, 2.24) is 14.9 Å². The molecule has 0 saturated heterocycles. The van der Waals surface area contributed by atoms with Crippen molar-refractivity contribution >= 4 is 0 Å². The summed E-state index contributed by atoms with van der Waals surface area (Å²) < 4.78 is 2.24. The number of nitrogens with one attached hydrogen (secondary N) is 1. The van der Waals surface area contributed by atoms with Crippen LogP contribution in [0.25, 0.3) is 0 Å². The average molecular weight is 193 g/mol. The van der Waals surface area contributed by atoms with Gasteiger partial charge in [0.2, 0.25) is 0 Å². The lowest BCUT2D eigenvalue weighted by Crippen LogP contribution is -2.24. The maximum Gasteiger partial charge on any atom is 0.125 e. The summed E-state index contributed by atoms with van der Waals surface area (Å²) in [4.78, 5) is 4.42. The van der Waals surface area contributed by atoms with Crippen LogP contribution in [0.15, 0.2) is 12.4 Å². The Kier molecular flexibility index (Phi) is 2.59. The minimum absolute atomic E-state index is 0.375. The van der Waals surface area contributed by atoms with E-state index in [0.29, 0.717) is 12.1 Å². The standard InChI is InChI=1S/C11H19N3/c1-8(2)14-7-6-12-11(14)9(3)13-10-4-5-10/h6-10,13H,4-5H2,1-3H3/t9-/m0/s1. The van der Waals surface area contributed by atoms with Crippen LogP contribution in [0, 0.1) is 0 Å². The van der Waals surface area contributed by atoms with Gasteiger partial charge in [-0.05, 0) is 33.6 Å². The summed E-state index contributed by atoms with van der Waals surface area (Å²) in [6, 6.07) is 1.61. The quantitative estimate of drug-likeness (QED) is 0.795. The highest BCUT2D eigenvalue weighted by atomic mass is 15.1. The molecular formula is C11H19N3. The molecule has 14 heavy (non-hydrogen) atoms. The summed E-state index contributed by atoms with van der Waals surface area (Å²) in [5.41, 5.74) is 0. The summed E-state index contributed by atoms with van der Waals surface area (Å²) in [5.74, 6) is 1.16. The number of aromatic nitrogens is 2. The Hall–Kier alpha value is -0.830. The molecule has 0 amide bonds. The molecule has 1 aromatic rings. The zero-order valence-corrected chi connectivity index (χ0v) is 9.20. The lowest BCUT2D eigenvalue weighted by molar-refractivity contribution is 0.482. The molecule has 1 aliphatic rings. The fourth-order valence-corrected chi connectivity index (χ4v) is 1.77. The number of nitrogens with zero attached hydrogens (tertiary/aromatic N) is 2. The van der Waals surface area contributed by atoms with Crippen LogP contribution in [0.1, 0.15) is 51.5 Å². The second kappa shape index (κ2) is 3.73. The summed E-state index contributed by atoms with van der Waals surface area (Å²) in [6.07, 6.45) is 6.60. The lowest BCUT2D eigenvalue weighted by Gasteiger charge is -2.17. The van der Waals surface area contributed by atoms with Gasteiger partial charge in [-0.25, -0.2) is 4.98 Å². The molecule has 1 fully saturated rings. The van der Waals surface area contributed by atoms with Gasteiger partial charge in [-0.3, -0.25) is 0 Å². The van der Waals surface area contributed by atoms with Crippen molar-refractivity contribution in [2.75, 3.05) is 0 Å². The van der Waals surface area contributed by atoms with Gasteiger partial charge in [0.05, 0.1) is 6.04 Å². The van der Waals surface area contributed by atoms with Crippen LogP contribution in [-0.2, 0) is 0 Å². The fraction of sp³-hybridized carbons (Fsp3) is 0.727. The van der Waals surface area contributed by atoms with E-state index in [1.807, 2.05) is 6.20 Å². The van der Waals surface area contributed by atoms with Crippen molar-refractivity contribution in [2.45, 2.75) is 51.7 Å². The van der Waals surface area contributed by atoms with Crippen LogP contribution < -0.4 is 5.32 Å². The zero-order chi connectivity index (χ0) is 10.1. The molecule has 0 aliphatic heterocycles. The van der Waals surface area contributed by atoms with Gasteiger partial charge < -0.3 is 9.88 Å². The van der Waals surface area contributed by atoms with Gasteiger partial charge in [0, 0.05) is 24.5 Å². The first kappa shape index (κ1) is 9.71. The zero-order valence-electron chi connectivity index (χ0n) is 9.20. The largest absolute Gasteiger partial charge is 0.331 e. The Morgan fingerprint density at radius 1 is 1.43 bits per heavy atom. The van der Waals surface area contributed by atoms with E-state index in [-0.39, 0.29) is 0 Å². The van der Waals surface area contributed by atoms with Crippen molar-refractivity contribution in [3.05, 3.63) is 18.2 Å². The minimum atomic E-state index is 0.375.